The van der Waals surface area contributed by atoms with Gasteiger partial charge in [0.25, 0.3) is 0 Å². The second kappa shape index (κ2) is 10.9. The zero-order valence-electron chi connectivity index (χ0n) is 20.5. The van der Waals surface area contributed by atoms with Gasteiger partial charge in [0, 0.05) is 42.9 Å². The predicted octanol–water partition coefficient (Wildman–Crippen LogP) is 6.71. The van der Waals surface area contributed by atoms with E-state index in [-0.39, 0.29) is 29.4 Å². The van der Waals surface area contributed by atoms with Crippen molar-refractivity contribution in [3.63, 3.8) is 0 Å². The number of hydrogen-bond acceptors (Lipinski definition) is 2. The molecule has 0 radical (unpaired) electrons. The second-order valence-corrected chi connectivity index (χ2v) is 9.48. The highest BCUT2D eigenvalue weighted by Gasteiger charge is 2.37. The van der Waals surface area contributed by atoms with Gasteiger partial charge in [-0.25, -0.2) is 8.78 Å². The normalized spacial score (nSPS) is 17.1. The molecule has 0 bridgehead atoms. The molecule has 2 atom stereocenters. The Morgan fingerprint density at radius 1 is 0.892 bits per heavy atom. The first-order valence-electron chi connectivity index (χ1n) is 12.4. The maximum Gasteiger partial charge on any atom is 0.227 e. The third-order valence-corrected chi connectivity index (χ3v) is 7.17. The fourth-order valence-electron chi connectivity index (χ4n) is 5.29. The number of pyridine rings is 1. The number of nitrogens with zero attached hydrogens (tertiary/aromatic N) is 2. The summed E-state index contributed by atoms with van der Waals surface area (Å²) in [5.41, 5.74) is 5.27. The minimum Gasteiger partial charge on any atom is -0.341 e. The van der Waals surface area contributed by atoms with Crippen LogP contribution in [-0.2, 0) is 17.6 Å². The van der Waals surface area contributed by atoms with Gasteiger partial charge >= 0.3 is 0 Å². The van der Waals surface area contributed by atoms with Crippen LogP contribution in [0.25, 0.3) is 11.1 Å². The Morgan fingerprint density at radius 3 is 2.14 bits per heavy atom. The molecule has 1 fully saturated rings. The summed E-state index contributed by atoms with van der Waals surface area (Å²) >= 11 is 0. The van der Waals surface area contributed by atoms with Crippen LogP contribution in [0, 0.1) is 11.6 Å². The Morgan fingerprint density at radius 2 is 1.51 bits per heavy atom. The van der Waals surface area contributed by atoms with Gasteiger partial charge in [-0.05, 0) is 64.6 Å². The number of carbonyl (C=O) groups excluding carboxylic acids is 1. The zero-order chi connectivity index (χ0) is 25.8. The molecule has 0 saturated carbocycles. The molecule has 1 aliphatic rings. The quantitative estimate of drug-likeness (QED) is 0.268. The van der Waals surface area contributed by atoms with Crippen LogP contribution in [0.3, 0.4) is 0 Å². The predicted molar refractivity (Wildman–Crippen MR) is 142 cm³/mol. The summed E-state index contributed by atoms with van der Waals surface area (Å²) in [5.74, 6) is -0.428. The van der Waals surface area contributed by atoms with E-state index in [1.807, 2.05) is 47.4 Å². The summed E-state index contributed by atoms with van der Waals surface area (Å²) in [7, 11) is 0. The lowest BCUT2D eigenvalue weighted by Gasteiger charge is -2.19. The molecule has 1 saturated heterocycles. The molecule has 5 heteroatoms. The number of likely N-dealkylation sites (tertiary alicyclic amines) is 1. The number of amides is 1. The Balaban J connectivity index is 1.44. The van der Waals surface area contributed by atoms with E-state index in [4.69, 9.17) is 0 Å². The molecule has 2 heterocycles. The largest absolute Gasteiger partial charge is 0.341 e. The molecule has 37 heavy (non-hydrogen) atoms. The van der Waals surface area contributed by atoms with Gasteiger partial charge in [-0.1, -0.05) is 54.6 Å². The van der Waals surface area contributed by atoms with Gasteiger partial charge in [0.1, 0.15) is 11.6 Å². The van der Waals surface area contributed by atoms with Crippen molar-refractivity contribution in [1.29, 1.82) is 0 Å². The standard InChI is InChI=1S/C32H28F2N2O/c1-2-4-25-5-3-6-30(34)32(25)26-9-7-23(8-10-26)28-20-36(31(37)19-22-15-17-35-18-16-22)21-29(28)24-11-13-27(33)14-12-24/h2-3,5-18,28-29H,1,4,19-21H2/t28-,29+/m0/s1. The van der Waals surface area contributed by atoms with E-state index in [1.165, 1.54) is 18.2 Å². The maximum atomic E-state index is 14.8. The summed E-state index contributed by atoms with van der Waals surface area (Å²) < 4.78 is 28.4. The number of aromatic nitrogens is 1. The van der Waals surface area contributed by atoms with Gasteiger partial charge in [-0.15, -0.1) is 6.58 Å². The van der Waals surface area contributed by atoms with E-state index in [0.29, 0.717) is 31.5 Å². The lowest BCUT2D eigenvalue weighted by molar-refractivity contribution is -0.129. The molecular formula is C32H28F2N2O. The van der Waals surface area contributed by atoms with Gasteiger partial charge in [-0.2, -0.15) is 0 Å². The van der Waals surface area contributed by atoms with E-state index < -0.39 is 0 Å². The summed E-state index contributed by atoms with van der Waals surface area (Å²) in [6, 6.07) is 23.3. The highest BCUT2D eigenvalue weighted by molar-refractivity contribution is 5.79. The topological polar surface area (TPSA) is 33.2 Å². The fourth-order valence-corrected chi connectivity index (χ4v) is 5.29. The minimum atomic E-state index is -0.284. The van der Waals surface area contributed by atoms with Crippen molar-refractivity contribution in [1.82, 2.24) is 9.88 Å². The zero-order valence-corrected chi connectivity index (χ0v) is 20.5. The summed E-state index contributed by atoms with van der Waals surface area (Å²) in [6.45, 7) is 4.91. The van der Waals surface area contributed by atoms with E-state index in [0.717, 1.165) is 27.8 Å². The van der Waals surface area contributed by atoms with Crippen LogP contribution in [-0.4, -0.2) is 28.9 Å². The Kier molecular flexibility index (Phi) is 7.22. The Labute approximate surface area is 216 Å². The van der Waals surface area contributed by atoms with Crippen molar-refractivity contribution < 1.29 is 13.6 Å². The van der Waals surface area contributed by atoms with E-state index in [2.05, 4.69) is 11.6 Å². The molecule has 1 aliphatic heterocycles. The number of benzene rings is 3. The number of rotatable bonds is 7. The summed E-state index contributed by atoms with van der Waals surface area (Å²) in [5, 5.41) is 0. The molecule has 3 nitrogen and oxygen atoms in total. The van der Waals surface area contributed by atoms with Crippen molar-refractivity contribution in [2.24, 2.45) is 0 Å². The van der Waals surface area contributed by atoms with E-state index in [1.54, 1.807) is 36.7 Å². The smallest absolute Gasteiger partial charge is 0.227 e. The fraction of sp³-hybridized carbons (Fsp3) is 0.188. The van der Waals surface area contributed by atoms with Crippen molar-refractivity contribution in [3.8, 4) is 11.1 Å². The maximum absolute atomic E-state index is 14.8. The average Bonchev–Trinajstić information content (AvgIpc) is 3.36. The molecule has 0 N–H and O–H groups in total. The minimum absolute atomic E-state index is 0.0256. The first-order chi connectivity index (χ1) is 18.0. The lowest BCUT2D eigenvalue weighted by Crippen LogP contribution is -2.30. The molecule has 4 aromatic rings. The third kappa shape index (κ3) is 5.36. The van der Waals surface area contributed by atoms with Crippen LogP contribution in [0.2, 0.25) is 0 Å². The molecule has 0 unspecified atom stereocenters. The van der Waals surface area contributed by atoms with Crippen molar-refractivity contribution in [3.05, 3.63) is 138 Å². The van der Waals surface area contributed by atoms with Crippen LogP contribution >= 0.6 is 0 Å². The van der Waals surface area contributed by atoms with Crippen LogP contribution < -0.4 is 0 Å². The van der Waals surface area contributed by atoms with Gasteiger partial charge in [0.15, 0.2) is 0 Å². The lowest BCUT2D eigenvalue weighted by atomic mass is 9.83. The van der Waals surface area contributed by atoms with Gasteiger partial charge in [0.05, 0.1) is 6.42 Å². The van der Waals surface area contributed by atoms with Crippen molar-refractivity contribution in [2.45, 2.75) is 24.7 Å². The van der Waals surface area contributed by atoms with Crippen LogP contribution in [0.4, 0.5) is 8.78 Å². The van der Waals surface area contributed by atoms with Crippen LogP contribution in [0.15, 0.2) is 104 Å². The van der Waals surface area contributed by atoms with Gasteiger partial charge in [0.2, 0.25) is 5.91 Å². The van der Waals surface area contributed by atoms with E-state index >= 15 is 0 Å². The van der Waals surface area contributed by atoms with Gasteiger partial charge in [-0.3, -0.25) is 9.78 Å². The number of allylic oxidation sites excluding steroid dienone is 1. The number of carbonyl (C=O) groups is 1. The number of halogens is 2. The molecule has 1 aromatic heterocycles. The molecular weight excluding hydrogens is 466 g/mol. The molecule has 0 aliphatic carbocycles. The average molecular weight is 495 g/mol. The highest BCUT2D eigenvalue weighted by atomic mass is 19.1. The highest BCUT2D eigenvalue weighted by Crippen LogP contribution is 2.41. The molecule has 1 amide bonds. The molecule has 186 valence electrons. The first kappa shape index (κ1) is 24.6. The van der Waals surface area contributed by atoms with Crippen molar-refractivity contribution in [2.75, 3.05) is 13.1 Å². The molecule has 0 spiro atoms. The monoisotopic (exact) mass is 494 g/mol. The summed E-state index contributed by atoms with van der Waals surface area (Å²) in [6.07, 6.45) is 6.04. The van der Waals surface area contributed by atoms with Crippen molar-refractivity contribution >= 4 is 5.91 Å². The summed E-state index contributed by atoms with van der Waals surface area (Å²) in [4.78, 5) is 19.1. The third-order valence-electron chi connectivity index (χ3n) is 7.17. The Hall–Kier alpha value is -4.12. The molecule has 3 aromatic carbocycles. The van der Waals surface area contributed by atoms with Gasteiger partial charge < -0.3 is 4.90 Å². The van der Waals surface area contributed by atoms with Crippen LogP contribution in [0.5, 0.6) is 0 Å². The second-order valence-electron chi connectivity index (χ2n) is 9.48. The first-order valence-corrected chi connectivity index (χ1v) is 12.4. The number of hydrogen-bond donors (Lipinski definition) is 0. The SMILES string of the molecule is C=CCc1cccc(F)c1-c1ccc([C@@H]2CN(C(=O)Cc3ccncc3)C[C@@H]2c2ccc(F)cc2)cc1. The van der Waals surface area contributed by atoms with E-state index in [9.17, 15) is 13.6 Å². The van der Waals surface area contributed by atoms with Crippen LogP contribution in [0.1, 0.15) is 34.1 Å². The Bertz CT molecular complexity index is 1380. The molecule has 5 rings (SSSR count).